The van der Waals surface area contributed by atoms with Crippen LogP contribution >= 0.6 is 0 Å². The second kappa shape index (κ2) is 7.36. The van der Waals surface area contributed by atoms with Gasteiger partial charge in [0.05, 0.1) is 24.4 Å². The van der Waals surface area contributed by atoms with E-state index in [9.17, 15) is 13.2 Å². The number of sulfonamides is 1. The monoisotopic (exact) mass is 357 g/mol. The van der Waals surface area contributed by atoms with Crippen molar-refractivity contribution < 1.29 is 13.2 Å². The molecule has 1 amide bonds. The number of amides is 1. The number of rotatable bonds is 5. The summed E-state index contributed by atoms with van der Waals surface area (Å²) < 4.78 is 24.5. The van der Waals surface area contributed by atoms with Crippen LogP contribution in [0.5, 0.6) is 0 Å². The SMILES string of the molecule is Cc1cc(C(=O)Nc2ccc(CC#N)cc2)ccc1N(C)S(C)(=O)=O. The molecule has 1 N–H and O–H groups in total. The number of carbonyl (C=O) groups is 1. The van der Waals surface area contributed by atoms with Crippen molar-refractivity contribution in [3.8, 4) is 6.07 Å². The predicted molar refractivity (Wildman–Crippen MR) is 98.1 cm³/mol. The van der Waals surface area contributed by atoms with Gasteiger partial charge in [0.15, 0.2) is 0 Å². The lowest BCUT2D eigenvalue weighted by Gasteiger charge is -2.19. The van der Waals surface area contributed by atoms with E-state index in [4.69, 9.17) is 5.26 Å². The Morgan fingerprint density at radius 3 is 2.36 bits per heavy atom. The lowest BCUT2D eigenvalue weighted by atomic mass is 10.1. The van der Waals surface area contributed by atoms with Crippen LogP contribution in [-0.2, 0) is 16.4 Å². The first kappa shape index (κ1) is 18.5. The molecule has 0 heterocycles. The molecule has 0 unspecified atom stereocenters. The second-order valence-corrected chi connectivity index (χ2v) is 7.73. The minimum absolute atomic E-state index is 0.287. The minimum Gasteiger partial charge on any atom is -0.322 e. The minimum atomic E-state index is -3.36. The fourth-order valence-electron chi connectivity index (χ4n) is 2.33. The Labute approximate surface area is 147 Å². The van der Waals surface area contributed by atoms with Gasteiger partial charge in [-0.1, -0.05) is 12.1 Å². The summed E-state index contributed by atoms with van der Waals surface area (Å²) in [4.78, 5) is 12.4. The van der Waals surface area contributed by atoms with Crippen LogP contribution in [0.1, 0.15) is 21.5 Å². The van der Waals surface area contributed by atoms with Gasteiger partial charge in [-0.3, -0.25) is 9.10 Å². The molecule has 0 spiro atoms. The van der Waals surface area contributed by atoms with E-state index in [-0.39, 0.29) is 5.91 Å². The Bertz CT molecular complexity index is 929. The molecule has 2 rings (SSSR count). The van der Waals surface area contributed by atoms with Crippen LogP contribution in [0.15, 0.2) is 42.5 Å². The van der Waals surface area contributed by atoms with E-state index in [1.807, 2.05) is 0 Å². The fourth-order valence-corrected chi connectivity index (χ4v) is 2.89. The Morgan fingerprint density at radius 1 is 1.20 bits per heavy atom. The van der Waals surface area contributed by atoms with Gasteiger partial charge in [-0.25, -0.2) is 8.42 Å². The largest absolute Gasteiger partial charge is 0.322 e. The molecule has 0 bridgehead atoms. The highest BCUT2D eigenvalue weighted by Gasteiger charge is 2.16. The zero-order chi connectivity index (χ0) is 18.6. The van der Waals surface area contributed by atoms with Crippen molar-refractivity contribution in [2.45, 2.75) is 13.3 Å². The number of nitrogens with zero attached hydrogens (tertiary/aromatic N) is 2. The number of anilines is 2. The maximum absolute atomic E-state index is 12.4. The van der Waals surface area contributed by atoms with Crippen LogP contribution in [-0.4, -0.2) is 27.6 Å². The molecule has 7 heteroatoms. The molecule has 130 valence electrons. The molecule has 0 aromatic heterocycles. The number of carbonyl (C=O) groups excluding carboxylic acids is 1. The number of aryl methyl sites for hydroxylation is 1. The van der Waals surface area contributed by atoms with Gasteiger partial charge in [-0.05, 0) is 48.4 Å². The van der Waals surface area contributed by atoms with E-state index in [2.05, 4.69) is 11.4 Å². The lowest BCUT2D eigenvalue weighted by molar-refractivity contribution is 0.102. The highest BCUT2D eigenvalue weighted by atomic mass is 32.2. The Morgan fingerprint density at radius 2 is 1.84 bits per heavy atom. The van der Waals surface area contributed by atoms with Crippen LogP contribution in [0, 0.1) is 18.3 Å². The quantitative estimate of drug-likeness (QED) is 0.891. The van der Waals surface area contributed by atoms with Gasteiger partial charge in [0.25, 0.3) is 5.91 Å². The molecular formula is C18H19N3O3S. The summed E-state index contributed by atoms with van der Waals surface area (Å²) in [6.07, 6.45) is 1.45. The topological polar surface area (TPSA) is 90.3 Å². The van der Waals surface area contributed by atoms with Crippen molar-refractivity contribution in [1.82, 2.24) is 0 Å². The molecule has 0 aliphatic rings. The first-order valence-corrected chi connectivity index (χ1v) is 9.39. The summed E-state index contributed by atoms with van der Waals surface area (Å²) in [6.45, 7) is 1.75. The summed E-state index contributed by atoms with van der Waals surface area (Å²) in [5.41, 5.74) is 3.15. The predicted octanol–water partition coefficient (Wildman–Crippen LogP) is 2.71. The average molecular weight is 357 g/mol. The number of nitriles is 1. The van der Waals surface area contributed by atoms with Crippen molar-refractivity contribution >= 4 is 27.3 Å². The molecule has 0 aliphatic heterocycles. The van der Waals surface area contributed by atoms with Gasteiger partial charge in [0.1, 0.15) is 0 Å². The molecule has 25 heavy (non-hydrogen) atoms. The molecule has 6 nitrogen and oxygen atoms in total. The van der Waals surface area contributed by atoms with E-state index >= 15 is 0 Å². The molecule has 2 aromatic carbocycles. The van der Waals surface area contributed by atoms with E-state index in [1.165, 1.54) is 11.4 Å². The first-order chi connectivity index (χ1) is 11.7. The summed E-state index contributed by atoms with van der Waals surface area (Å²) >= 11 is 0. The van der Waals surface area contributed by atoms with Gasteiger partial charge in [-0.2, -0.15) is 5.26 Å². The maximum atomic E-state index is 12.4. The molecule has 0 radical (unpaired) electrons. The molecule has 0 aliphatic carbocycles. The Kier molecular flexibility index (Phi) is 5.45. The number of hydrogen-bond acceptors (Lipinski definition) is 4. The maximum Gasteiger partial charge on any atom is 0.255 e. The van der Waals surface area contributed by atoms with E-state index < -0.39 is 10.0 Å². The second-order valence-electron chi connectivity index (χ2n) is 5.72. The summed E-state index contributed by atoms with van der Waals surface area (Å²) in [7, 11) is -1.89. The van der Waals surface area contributed by atoms with E-state index in [1.54, 1.807) is 49.4 Å². The third-order valence-electron chi connectivity index (χ3n) is 3.79. The lowest BCUT2D eigenvalue weighted by Crippen LogP contribution is -2.25. The van der Waals surface area contributed by atoms with Crippen LogP contribution in [0.4, 0.5) is 11.4 Å². The van der Waals surface area contributed by atoms with Crippen molar-refractivity contribution in [2.24, 2.45) is 0 Å². The molecule has 0 saturated heterocycles. The fraction of sp³-hybridized carbons (Fsp3) is 0.222. The van der Waals surface area contributed by atoms with Crippen molar-refractivity contribution in [1.29, 1.82) is 5.26 Å². The molecule has 0 saturated carbocycles. The zero-order valence-corrected chi connectivity index (χ0v) is 15.1. The van der Waals surface area contributed by atoms with Crippen molar-refractivity contribution in [3.05, 3.63) is 59.2 Å². The third-order valence-corrected chi connectivity index (χ3v) is 4.98. The van der Waals surface area contributed by atoms with Crippen LogP contribution < -0.4 is 9.62 Å². The van der Waals surface area contributed by atoms with Crippen molar-refractivity contribution in [2.75, 3.05) is 22.9 Å². The Hall–Kier alpha value is -2.85. The summed E-state index contributed by atoms with van der Waals surface area (Å²) in [6, 6.07) is 14.0. The summed E-state index contributed by atoms with van der Waals surface area (Å²) in [5, 5.41) is 11.4. The highest BCUT2D eigenvalue weighted by Crippen LogP contribution is 2.23. The van der Waals surface area contributed by atoms with E-state index in [0.717, 1.165) is 11.8 Å². The molecule has 2 aromatic rings. The molecule has 0 atom stereocenters. The number of hydrogen-bond donors (Lipinski definition) is 1. The highest BCUT2D eigenvalue weighted by molar-refractivity contribution is 7.92. The summed E-state index contributed by atoms with van der Waals surface area (Å²) in [5.74, 6) is -0.287. The van der Waals surface area contributed by atoms with Crippen molar-refractivity contribution in [3.63, 3.8) is 0 Å². The van der Waals surface area contributed by atoms with Gasteiger partial charge < -0.3 is 5.32 Å². The number of benzene rings is 2. The third kappa shape index (κ3) is 4.58. The van der Waals surface area contributed by atoms with Gasteiger partial charge in [0, 0.05) is 18.3 Å². The average Bonchev–Trinajstić information content (AvgIpc) is 2.55. The molecule has 0 fully saturated rings. The van der Waals surface area contributed by atoms with Gasteiger partial charge in [0.2, 0.25) is 10.0 Å². The first-order valence-electron chi connectivity index (χ1n) is 7.54. The van der Waals surface area contributed by atoms with E-state index in [0.29, 0.717) is 28.9 Å². The standard InChI is InChI=1S/C18H19N3O3S/c1-13-12-15(6-9-17(13)21(2)25(3,23)24)18(22)20-16-7-4-14(5-8-16)10-11-19/h4-9,12H,10H2,1-3H3,(H,20,22). The smallest absolute Gasteiger partial charge is 0.255 e. The number of nitrogens with one attached hydrogen (secondary N) is 1. The van der Waals surface area contributed by atoms with Crippen LogP contribution in [0.2, 0.25) is 0 Å². The van der Waals surface area contributed by atoms with Crippen LogP contribution in [0.25, 0.3) is 0 Å². The molecular weight excluding hydrogens is 338 g/mol. The normalized spacial score (nSPS) is 10.8. The Balaban J connectivity index is 2.17. The van der Waals surface area contributed by atoms with Crippen LogP contribution in [0.3, 0.4) is 0 Å². The zero-order valence-electron chi connectivity index (χ0n) is 14.3. The van der Waals surface area contributed by atoms with Gasteiger partial charge in [-0.15, -0.1) is 0 Å². The van der Waals surface area contributed by atoms with Gasteiger partial charge >= 0.3 is 0 Å².